The molecule has 0 bridgehead atoms. The van der Waals surface area contributed by atoms with Crippen LogP contribution in [-0.4, -0.2) is 41.2 Å². The first-order valence-corrected chi connectivity index (χ1v) is 5.97. The highest BCUT2D eigenvalue weighted by molar-refractivity contribution is 14.0. The average Bonchev–Trinajstić information content (AvgIpc) is 2.24. The van der Waals surface area contributed by atoms with Crippen molar-refractivity contribution in [2.24, 2.45) is 10.7 Å². The molecule has 0 unspecified atom stereocenters. The maximum absolute atomic E-state index is 9.88. The van der Waals surface area contributed by atoms with Crippen LogP contribution in [-0.2, 0) is 0 Å². The van der Waals surface area contributed by atoms with Crippen LogP contribution in [0.2, 0.25) is 0 Å². The van der Waals surface area contributed by atoms with E-state index in [0.717, 1.165) is 32.4 Å². The SMILES string of the molecule is I.NC(=NCC1(O)CCC1)N1CCCCC1. The minimum atomic E-state index is -0.541. The standard InChI is InChI=1S/C11H21N3O.HI/c12-10(14-7-2-1-3-8-14)13-9-11(15)5-4-6-11;/h15H,1-9H2,(H2,12,13);1H. The highest BCUT2D eigenvalue weighted by atomic mass is 127. The lowest BCUT2D eigenvalue weighted by Gasteiger charge is -2.35. The van der Waals surface area contributed by atoms with Gasteiger partial charge in [0.05, 0.1) is 12.1 Å². The van der Waals surface area contributed by atoms with Crippen LogP contribution in [0.1, 0.15) is 38.5 Å². The lowest BCUT2D eigenvalue weighted by molar-refractivity contribution is -0.0237. The summed E-state index contributed by atoms with van der Waals surface area (Å²) in [6.45, 7) is 2.52. The van der Waals surface area contributed by atoms with E-state index in [1.165, 1.54) is 19.3 Å². The smallest absolute Gasteiger partial charge is 0.191 e. The fourth-order valence-corrected chi connectivity index (χ4v) is 2.19. The Balaban J connectivity index is 0.00000128. The zero-order valence-corrected chi connectivity index (χ0v) is 12.0. The van der Waals surface area contributed by atoms with Gasteiger partial charge in [0.25, 0.3) is 0 Å². The van der Waals surface area contributed by atoms with Gasteiger partial charge in [0, 0.05) is 13.1 Å². The molecule has 0 amide bonds. The van der Waals surface area contributed by atoms with Crippen LogP contribution in [0.5, 0.6) is 0 Å². The molecular formula is C11H22IN3O. The number of likely N-dealkylation sites (tertiary alicyclic amines) is 1. The van der Waals surface area contributed by atoms with E-state index in [4.69, 9.17) is 5.73 Å². The average molecular weight is 339 g/mol. The summed E-state index contributed by atoms with van der Waals surface area (Å²) in [5.41, 5.74) is 5.36. The summed E-state index contributed by atoms with van der Waals surface area (Å²) in [6.07, 6.45) is 6.60. The van der Waals surface area contributed by atoms with Gasteiger partial charge in [0.15, 0.2) is 5.96 Å². The molecule has 0 aromatic rings. The third kappa shape index (κ3) is 3.48. The molecule has 1 saturated heterocycles. The van der Waals surface area contributed by atoms with Crippen LogP contribution in [0, 0.1) is 0 Å². The van der Waals surface area contributed by atoms with Crippen LogP contribution in [0.15, 0.2) is 4.99 Å². The molecule has 94 valence electrons. The molecule has 2 fully saturated rings. The number of piperidine rings is 1. The number of halogens is 1. The monoisotopic (exact) mass is 339 g/mol. The van der Waals surface area contributed by atoms with Gasteiger partial charge in [0.1, 0.15) is 0 Å². The molecule has 16 heavy (non-hydrogen) atoms. The second kappa shape index (κ2) is 6.05. The third-order valence-electron chi connectivity index (χ3n) is 3.50. The number of guanidine groups is 1. The fourth-order valence-electron chi connectivity index (χ4n) is 2.19. The number of hydrogen-bond acceptors (Lipinski definition) is 2. The Hall–Kier alpha value is -0.0400. The summed E-state index contributed by atoms with van der Waals surface area (Å²) in [4.78, 5) is 6.44. The van der Waals surface area contributed by atoms with E-state index < -0.39 is 5.60 Å². The molecule has 4 nitrogen and oxygen atoms in total. The van der Waals surface area contributed by atoms with E-state index in [1.54, 1.807) is 0 Å². The van der Waals surface area contributed by atoms with Crippen LogP contribution in [0.25, 0.3) is 0 Å². The van der Waals surface area contributed by atoms with Crippen LogP contribution in [0.4, 0.5) is 0 Å². The zero-order valence-electron chi connectivity index (χ0n) is 9.69. The highest BCUT2D eigenvalue weighted by Gasteiger charge is 2.34. The Morgan fingerprint density at radius 2 is 1.81 bits per heavy atom. The lowest BCUT2D eigenvalue weighted by Crippen LogP contribution is -2.44. The Morgan fingerprint density at radius 3 is 2.31 bits per heavy atom. The van der Waals surface area contributed by atoms with Gasteiger partial charge >= 0.3 is 0 Å². The minimum absolute atomic E-state index is 0. The number of hydrogen-bond donors (Lipinski definition) is 2. The van der Waals surface area contributed by atoms with Crippen molar-refractivity contribution >= 4 is 29.9 Å². The van der Waals surface area contributed by atoms with Gasteiger partial charge < -0.3 is 15.7 Å². The Labute approximate surface area is 114 Å². The normalized spacial score (nSPS) is 24.6. The predicted octanol–water partition coefficient (Wildman–Crippen LogP) is 1.32. The third-order valence-corrected chi connectivity index (χ3v) is 3.50. The van der Waals surface area contributed by atoms with Crippen molar-refractivity contribution in [2.75, 3.05) is 19.6 Å². The number of rotatable bonds is 2. The van der Waals surface area contributed by atoms with E-state index in [-0.39, 0.29) is 24.0 Å². The van der Waals surface area contributed by atoms with Gasteiger partial charge in [-0.1, -0.05) is 0 Å². The minimum Gasteiger partial charge on any atom is -0.388 e. The lowest BCUT2D eigenvalue weighted by atomic mass is 9.80. The zero-order chi connectivity index (χ0) is 10.7. The van der Waals surface area contributed by atoms with Gasteiger partial charge in [-0.25, -0.2) is 0 Å². The van der Waals surface area contributed by atoms with Crippen molar-refractivity contribution < 1.29 is 5.11 Å². The van der Waals surface area contributed by atoms with Gasteiger partial charge in [-0.2, -0.15) is 0 Å². The molecule has 2 aliphatic rings. The first-order valence-electron chi connectivity index (χ1n) is 5.97. The van der Waals surface area contributed by atoms with Crippen molar-refractivity contribution in [1.82, 2.24) is 4.90 Å². The van der Waals surface area contributed by atoms with Crippen LogP contribution < -0.4 is 5.73 Å². The molecular weight excluding hydrogens is 317 g/mol. The fraction of sp³-hybridized carbons (Fsp3) is 0.909. The largest absolute Gasteiger partial charge is 0.388 e. The number of aliphatic hydroxyl groups is 1. The van der Waals surface area contributed by atoms with Crippen molar-refractivity contribution in [3.8, 4) is 0 Å². The molecule has 1 saturated carbocycles. The van der Waals surface area contributed by atoms with Crippen molar-refractivity contribution in [3.05, 3.63) is 0 Å². The summed E-state index contributed by atoms with van der Waals surface area (Å²) in [5.74, 6) is 0.620. The molecule has 0 atom stereocenters. The molecule has 0 radical (unpaired) electrons. The first kappa shape index (κ1) is 14.0. The predicted molar refractivity (Wildman–Crippen MR) is 76.1 cm³/mol. The summed E-state index contributed by atoms with van der Waals surface area (Å²) >= 11 is 0. The van der Waals surface area contributed by atoms with Crippen molar-refractivity contribution in [2.45, 2.75) is 44.1 Å². The first-order chi connectivity index (χ1) is 7.20. The van der Waals surface area contributed by atoms with E-state index in [0.29, 0.717) is 12.5 Å². The van der Waals surface area contributed by atoms with Gasteiger partial charge in [-0.05, 0) is 38.5 Å². The van der Waals surface area contributed by atoms with Crippen LogP contribution in [0.3, 0.4) is 0 Å². The van der Waals surface area contributed by atoms with E-state index in [9.17, 15) is 5.11 Å². The van der Waals surface area contributed by atoms with Gasteiger partial charge in [-0.15, -0.1) is 24.0 Å². The topological polar surface area (TPSA) is 61.9 Å². The maximum atomic E-state index is 9.88. The summed E-state index contributed by atoms with van der Waals surface area (Å²) < 4.78 is 0. The van der Waals surface area contributed by atoms with E-state index >= 15 is 0 Å². The second-order valence-electron chi connectivity index (χ2n) is 4.80. The summed E-state index contributed by atoms with van der Waals surface area (Å²) in [7, 11) is 0. The molecule has 1 aliphatic carbocycles. The second-order valence-corrected chi connectivity index (χ2v) is 4.80. The molecule has 1 heterocycles. The summed E-state index contributed by atoms with van der Waals surface area (Å²) in [6, 6.07) is 0. The van der Waals surface area contributed by atoms with E-state index in [2.05, 4.69) is 9.89 Å². The Bertz CT molecular complexity index is 248. The van der Waals surface area contributed by atoms with Gasteiger partial charge in [-0.3, -0.25) is 4.99 Å². The van der Waals surface area contributed by atoms with E-state index in [1.807, 2.05) is 0 Å². The molecule has 0 aromatic heterocycles. The molecule has 3 N–H and O–H groups in total. The maximum Gasteiger partial charge on any atom is 0.191 e. The highest BCUT2D eigenvalue weighted by Crippen LogP contribution is 2.31. The van der Waals surface area contributed by atoms with Crippen LogP contribution >= 0.6 is 24.0 Å². The summed E-state index contributed by atoms with van der Waals surface area (Å²) in [5, 5.41) is 9.88. The Morgan fingerprint density at radius 1 is 1.19 bits per heavy atom. The molecule has 0 spiro atoms. The molecule has 0 aromatic carbocycles. The Kier molecular flexibility index (Phi) is 5.30. The van der Waals surface area contributed by atoms with Crippen molar-refractivity contribution in [3.63, 3.8) is 0 Å². The quantitative estimate of drug-likeness (QED) is 0.453. The van der Waals surface area contributed by atoms with Crippen molar-refractivity contribution in [1.29, 1.82) is 0 Å². The number of nitrogens with two attached hydrogens (primary N) is 1. The molecule has 1 aliphatic heterocycles. The molecule has 2 rings (SSSR count). The number of nitrogens with zero attached hydrogens (tertiary/aromatic N) is 2. The number of aliphatic imine (C=N–C) groups is 1. The van der Waals surface area contributed by atoms with Gasteiger partial charge in [0.2, 0.25) is 0 Å². The molecule has 5 heteroatoms.